The first-order valence-corrected chi connectivity index (χ1v) is 8.40. The number of carbonyl (C=O) groups excluding carboxylic acids is 1. The molecule has 0 atom stereocenters. The van der Waals surface area contributed by atoms with Gasteiger partial charge in [-0.25, -0.2) is 4.63 Å². The van der Waals surface area contributed by atoms with Crippen LogP contribution in [0.15, 0.2) is 22.8 Å². The van der Waals surface area contributed by atoms with Gasteiger partial charge < -0.3 is 10.2 Å². The van der Waals surface area contributed by atoms with Gasteiger partial charge in [-0.15, -0.1) is 0 Å². The van der Waals surface area contributed by atoms with E-state index >= 15 is 0 Å². The zero-order valence-electron chi connectivity index (χ0n) is 13.6. The molecule has 124 valence electrons. The zero-order chi connectivity index (χ0) is 16.1. The average molecular weight is 316 g/mol. The van der Waals surface area contributed by atoms with Crippen LogP contribution in [0.1, 0.15) is 44.1 Å². The van der Waals surface area contributed by atoms with E-state index in [2.05, 4.69) is 20.5 Å². The number of amides is 1. The van der Waals surface area contributed by atoms with E-state index in [1.54, 1.807) is 0 Å². The van der Waals surface area contributed by atoms with Gasteiger partial charge in [-0.05, 0) is 47.9 Å². The third-order valence-electron chi connectivity index (χ3n) is 4.46. The van der Waals surface area contributed by atoms with E-state index in [0.29, 0.717) is 12.5 Å². The highest BCUT2D eigenvalue weighted by molar-refractivity contribution is 5.76. The van der Waals surface area contributed by atoms with Crippen molar-refractivity contribution in [3.63, 3.8) is 0 Å². The highest BCUT2D eigenvalue weighted by atomic mass is 16.6. The molecule has 1 aliphatic carbocycles. The van der Waals surface area contributed by atoms with Gasteiger partial charge in [0.15, 0.2) is 0 Å². The van der Waals surface area contributed by atoms with Gasteiger partial charge in [0.1, 0.15) is 11.0 Å². The molecule has 0 unspecified atom stereocenters. The first-order chi connectivity index (χ1) is 11.2. The summed E-state index contributed by atoms with van der Waals surface area (Å²) in [5.74, 6) is 0.167. The Morgan fingerprint density at radius 1 is 1.26 bits per heavy atom. The molecule has 0 radical (unpaired) electrons. The topological polar surface area (TPSA) is 71.3 Å². The van der Waals surface area contributed by atoms with E-state index in [9.17, 15) is 4.79 Å². The van der Waals surface area contributed by atoms with Crippen LogP contribution in [0, 0.1) is 0 Å². The first kappa shape index (κ1) is 15.9. The molecule has 0 aliphatic heterocycles. The Morgan fingerprint density at radius 3 is 2.87 bits per heavy atom. The minimum absolute atomic E-state index is 0.167. The van der Waals surface area contributed by atoms with E-state index < -0.39 is 0 Å². The number of hydrogen-bond acceptors (Lipinski definition) is 5. The third-order valence-corrected chi connectivity index (χ3v) is 4.46. The van der Waals surface area contributed by atoms with Crippen LogP contribution >= 0.6 is 0 Å². The average Bonchev–Trinajstić information content (AvgIpc) is 3.01. The fraction of sp³-hybridized carbons (Fsp3) is 0.588. The van der Waals surface area contributed by atoms with Crippen LogP contribution in [-0.2, 0) is 11.3 Å². The molecule has 1 aliphatic rings. The second-order valence-electron chi connectivity index (χ2n) is 6.48. The second kappa shape index (κ2) is 7.55. The molecular weight excluding hydrogens is 292 g/mol. The molecule has 1 N–H and O–H groups in total. The highest BCUT2D eigenvalue weighted by Crippen LogP contribution is 2.17. The Bertz CT molecular complexity index is 649. The lowest BCUT2D eigenvalue weighted by atomic mass is 9.95. The zero-order valence-corrected chi connectivity index (χ0v) is 13.6. The summed E-state index contributed by atoms with van der Waals surface area (Å²) in [6.07, 6.45) is 6.59. The molecule has 0 bridgehead atoms. The van der Waals surface area contributed by atoms with Gasteiger partial charge in [0.05, 0.1) is 0 Å². The van der Waals surface area contributed by atoms with Crippen LogP contribution in [0.25, 0.3) is 11.0 Å². The predicted molar refractivity (Wildman–Crippen MR) is 87.8 cm³/mol. The van der Waals surface area contributed by atoms with Crippen molar-refractivity contribution in [2.45, 2.75) is 51.1 Å². The lowest BCUT2D eigenvalue weighted by Gasteiger charge is -2.23. The summed E-state index contributed by atoms with van der Waals surface area (Å²) < 4.78 is 4.71. The minimum Gasteiger partial charge on any atom is -0.353 e. The summed E-state index contributed by atoms with van der Waals surface area (Å²) in [7, 11) is 2.03. The lowest BCUT2D eigenvalue weighted by molar-refractivity contribution is -0.122. The standard InChI is InChI=1S/C17H24N4O2/c1-21(10-9-17(22)18-14-5-3-2-4-6-14)12-13-7-8-15-16(11-13)20-23-19-15/h7-8,11,14H,2-6,9-10,12H2,1H3,(H,18,22). The summed E-state index contributed by atoms with van der Waals surface area (Å²) in [6, 6.07) is 6.30. The van der Waals surface area contributed by atoms with Gasteiger partial charge in [0.2, 0.25) is 5.91 Å². The van der Waals surface area contributed by atoms with E-state index in [4.69, 9.17) is 4.63 Å². The summed E-state index contributed by atoms with van der Waals surface area (Å²) in [4.78, 5) is 14.2. The van der Waals surface area contributed by atoms with Gasteiger partial charge in [-0.2, -0.15) is 0 Å². The highest BCUT2D eigenvalue weighted by Gasteiger charge is 2.15. The number of benzene rings is 1. The molecular formula is C17H24N4O2. The Morgan fingerprint density at radius 2 is 2.04 bits per heavy atom. The maximum Gasteiger partial charge on any atom is 0.221 e. The van der Waals surface area contributed by atoms with E-state index in [0.717, 1.165) is 42.5 Å². The Balaban J connectivity index is 1.43. The van der Waals surface area contributed by atoms with Crippen molar-refractivity contribution in [2.75, 3.05) is 13.6 Å². The molecule has 1 aromatic heterocycles. The van der Waals surface area contributed by atoms with Crippen molar-refractivity contribution >= 4 is 16.9 Å². The van der Waals surface area contributed by atoms with E-state index in [1.807, 2.05) is 25.2 Å². The molecule has 23 heavy (non-hydrogen) atoms. The van der Waals surface area contributed by atoms with Gasteiger partial charge in [0, 0.05) is 25.6 Å². The number of rotatable bonds is 6. The van der Waals surface area contributed by atoms with Gasteiger partial charge in [-0.3, -0.25) is 4.79 Å². The van der Waals surface area contributed by atoms with Crippen LogP contribution in [0.5, 0.6) is 0 Å². The quantitative estimate of drug-likeness (QED) is 0.886. The largest absolute Gasteiger partial charge is 0.353 e. The van der Waals surface area contributed by atoms with Crippen LogP contribution in [0.2, 0.25) is 0 Å². The first-order valence-electron chi connectivity index (χ1n) is 8.40. The van der Waals surface area contributed by atoms with Crippen molar-refractivity contribution in [1.82, 2.24) is 20.5 Å². The molecule has 2 aromatic rings. The maximum atomic E-state index is 12.0. The fourth-order valence-electron chi connectivity index (χ4n) is 3.16. The summed E-state index contributed by atoms with van der Waals surface area (Å²) in [5, 5.41) is 10.8. The molecule has 0 saturated heterocycles. The molecule has 6 heteroatoms. The summed E-state index contributed by atoms with van der Waals surface area (Å²) >= 11 is 0. The fourth-order valence-corrected chi connectivity index (χ4v) is 3.16. The molecule has 1 aromatic carbocycles. The maximum absolute atomic E-state index is 12.0. The number of aromatic nitrogens is 2. The number of nitrogens with one attached hydrogen (secondary N) is 1. The smallest absolute Gasteiger partial charge is 0.221 e. The number of fused-ring (bicyclic) bond motifs is 1. The Hall–Kier alpha value is -1.95. The second-order valence-corrected chi connectivity index (χ2v) is 6.48. The third kappa shape index (κ3) is 4.51. The number of carbonyl (C=O) groups is 1. The predicted octanol–water partition coefficient (Wildman–Crippen LogP) is 2.49. The van der Waals surface area contributed by atoms with Crippen molar-refractivity contribution in [3.05, 3.63) is 23.8 Å². The van der Waals surface area contributed by atoms with Crippen molar-refractivity contribution < 1.29 is 9.42 Å². The molecule has 1 heterocycles. The molecule has 6 nitrogen and oxygen atoms in total. The SMILES string of the molecule is CN(CCC(=O)NC1CCCCC1)Cc1ccc2nonc2c1. The van der Waals surface area contributed by atoms with Crippen LogP contribution in [-0.4, -0.2) is 40.8 Å². The van der Waals surface area contributed by atoms with Crippen molar-refractivity contribution in [2.24, 2.45) is 0 Å². The molecule has 1 saturated carbocycles. The van der Waals surface area contributed by atoms with E-state index in [1.165, 1.54) is 19.3 Å². The normalized spacial score (nSPS) is 16.1. The summed E-state index contributed by atoms with van der Waals surface area (Å²) in [5.41, 5.74) is 2.68. The van der Waals surface area contributed by atoms with Gasteiger partial charge >= 0.3 is 0 Å². The van der Waals surface area contributed by atoms with Crippen molar-refractivity contribution in [1.29, 1.82) is 0 Å². The monoisotopic (exact) mass is 316 g/mol. The number of nitrogens with zero attached hydrogens (tertiary/aromatic N) is 3. The van der Waals surface area contributed by atoms with Crippen LogP contribution in [0.3, 0.4) is 0 Å². The van der Waals surface area contributed by atoms with Crippen LogP contribution in [0.4, 0.5) is 0 Å². The van der Waals surface area contributed by atoms with Gasteiger partial charge in [-0.1, -0.05) is 25.3 Å². The van der Waals surface area contributed by atoms with Gasteiger partial charge in [0.25, 0.3) is 0 Å². The van der Waals surface area contributed by atoms with E-state index in [-0.39, 0.29) is 5.91 Å². The molecule has 1 amide bonds. The molecule has 3 rings (SSSR count). The molecule has 1 fully saturated rings. The van der Waals surface area contributed by atoms with Crippen molar-refractivity contribution in [3.8, 4) is 0 Å². The lowest BCUT2D eigenvalue weighted by Crippen LogP contribution is -2.37. The Kier molecular flexibility index (Phi) is 5.23. The van der Waals surface area contributed by atoms with Crippen LogP contribution < -0.4 is 5.32 Å². The summed E-state index contributed by atoms with van der Waals surface area (Å²) in [6.45, 7) is 1.52. The minimum atomic E-state index is 0.167. The Labute approximate surface area is 136 Å². The number of hydrogen-bond donors (Lipinski definition) is 1. The molecule has 0 spiro atoms.